The second kappa shape index (κ2) is 5.53. The number of carbonyl (C=O) groups excluding carboxylic acids is 1. The number of fused-ring (bicyclic) bond motifs is 1. The van der Waals surface area contributed by atoms with Crippen molar-refractivity contribution in [2.75, 3.05) is 5.32 Å². The van der Waals surface area contributed by atoms with Gasteiger partial charge < -0.3 is 25.1 Å². The molecular weight excluding hydrogens is 288 g/mol. The SMILES string of the molecule is O=C([O-])[C@@H]1Cc2nc[nH]c2CN1C(=S)Nc1ccccc1. The van der Waals surface area contributed by atoms with Crippen LogP contribution in [0.15, 0.2) is 36.7 Å². The van der Waals surface area contributed by atoms with Crippen LogP contribution in [0, 0.1) is 0 Å². The summed E-state index contributed by atoms with van der Waals surface area (Å²) in [5.41, 5.74) is 2.45. The van der Waals surface area contributed by atoms with Crippen molar-refractivity contribution in [2.45, 2.75) is 19.0 Å². The number of benzene rings is 1. The van der Waals surface area contributed by atoms with Gasteiger partial charge in [0.05, 0.1) is 36.3 Å². The zero-order chi connectivity index (χ0) is 14.8. The van der Waals surface area contributed by atoms with E-state index in [1.807, 2.05) is 30.3 Å². The van der Waals surface area contributed by atoms with Crippen molar-refractivity contribution in [3.8, 4) is 0 Å². The van der Waals surface area contributed by atoms with Crippen LogP contribution in [-0.2, 0) is 17.8 Å². The van der Waals surface area contributed by atoms with E-state index in [0.717, 1.165) is 17.1 Å². The molecule has 7 heteroatoms. The second-order valence-corrected chi connectivity index (χ2v) is 5.18. The van der Waals surface area contributed by atoms with Gasteiger partial charge in [-0.05, 0) is 24.4 Å². The van der Waals surface area contributed by atoms with Crippen LogP contribution in [0.1, 0.15) is 11.4 Å². The third kappa shape index (κ3) is 2.73. The van der Waals surface area contributed by atoms with Gasteiger partial charge in [-0.1, -0.05) is 18.2 Å². The summed E-state index contributed by atoms with van der Waals surface area (Å²) in [5, 5.41) is 14.8. The average Bonchev–Trinajstić information content (AvgIpc) is 2.94. The zero-order valence-corrected chi connectivity index (χ0v) is 11.9. The maximum absolute atomic E-state index is 11.4. The molecule has 0 saturated carbocycles. The number of thiocarbonyl (C=S) groups is 1. The number of carbonyl (C=O) groups is 1. The Balaban J connectivity index is 1.82. The fourth-order valence-electron chi connectivity index (χ4n) is 2.38. The molecule has 1 aromatic heterocycles. The number of nitrogens with one attached hydrogen (secondary N) is 2. The van der Waals surface area contributed by atoms with Crippen molar-refractivity contribution >= 4 is 29.0 Å². The normalized spacial score (nSPS) is 17.1. The molecule has 2 aromatic rings. The number of hydrogen-bond donors (Lipinski definition) is 2. The van der Waals surface area contributed by atoms with E-state index in [-0.39, 0.29) is 6.42 Å². The summed E-state index contributed by atoms with van der Waals surface area (Å²) < 4.78 is 0. The molecule has 1 aliphatic heterocycles. The van der Waals surface area contributed by atoms with Crippen molar-refractivity contribution in [2.24, 2.45) is 0 Å². The Morgan fingerprint density at radius 1 is 1.43 bits per heavy atom. The lowest BCUT2D eigenvalue weighted by Crippen LogP contribution is -2.54. The predicted octanol–water partition coefficient (Wildman–Crippen LogP) is 0.283. The lowest BCUT2D eigenvalue weighted by Gasteiger charge is -2.37. The van der Waals surface area contributed by atoms with Crippen molar-refractivity contribution in [1.29, 1.82) is 0 Å². The van der Waals surface area contributed by atoms with Gasteiger partial charge in [0.25, 0.3) is 0 Å². The summed E-state index contributed by atoms with van der Waals surface area (Å²) in [6, 6.07) is 8.58. The minimum absolute atomic E-state index is 0.276. The highest BCUT2D eigenvalue weighted by atomic mass is 32.1. The molecule has 108 valence electrons. The molecule has 0 radical (unpaired) electrons. The van der Waals surface area contributed by atoms with Gasteiger partial charge in [-0.25, -0.2) is 4.98 Å². The smallest absolute Gasteiger partial charge is 0.174 e. The Morgan fingerprint density at radius 3 is 2.90 bits per heavy atom. The maximum atomic E-state index is 11.4. The van der Waals surface area contributed by atoms with Crippen LogP contribution >= 0.6 is 12.2 Å². The Labute approximate surface area is 126 Å². The number of anilines is 1. The van der Waals surface area contributed by atoms with E-state index in [2.05, 4.69) is 15.3 Å². The first-order chi connectivity index (χ1) is 10.1. The standard InChI is InChI=1S/C14H14N4O2S/c19-13(20)12-6-10-11(16-8-15-10)7-18(12)14(21)17-9-4-2-1-3-5-9/h1-5,8,12H,6-7H2,(H,15,16)(H,17,21)(H,19,20)/p-1/t12-/m0/s1. The number of carboxylic acids is 1. The quantitative estimate of drug-likeness (QED) is 0.775. The van der Waals surface area contributed by atoms with Crippen LogP contribution in [0.5, 0.6) is 0 Å². The van der Waals surface area contributed by atoms with Gasteiger partial charge in [0.15, 0.2) is 5.11 Å². The maximum Gasteiger partial charge on any atom is 0.174 e. The van der Waals surface area contributed by atoms with Crippen LogP contribution in [0.3, 0.4) is 0 Å². The largest absolute Gasteiger partial charge is 0.548 e. The molecule has 1 atom stereocenters. The van der Waals surface area contributed by atoms with E-state index in [9.17, 15) is 9.90 Å². The molecule has 0 aliphatic carbocycles. The third-order valence-electron chi connectivity index (χ3n) is 3.46. The Bertz CT molecular complexity index is 671. The highest BCUT2D eigenvalue weighted by Gasteiger charge is 2.30. The third-order valence-corrected chi connectivity index (χ3v) is 3.79. The minimum Gasteiger partial charge on any atom is -0.548 e. The van der Waals surface area contributed by atoms with Crippen LogP contribution in [0.4, 0.5) is 5.69 Å². The number of hydrogen-bond acceptors (Lipinski definition) is 4. The number of para-hydroxylation sites is 1. The van der Waals surface area contributed by atoms with Crippen molar-refractivity contribution in [3.05, 3.63) is 48.0 Å². The monoisotopic (exact) mass is 301 g/mol. The first-order valence-corrected chi connectivity index (χ1v) is 6.90. The summed E-state index contributed by atoms with van der Waals surface area (Å²) in [4.78, 5) is 20.1. The fourth-order valence-corrected chi connectivity index (χ4v) is 2.69. The van der Waals surface area contributed by atoms with Gasteiger partial charge >= 0.3 is 0 Å². The van der Waals surface area contributed by atoms with Gasteiger partial charge in [-0.15, -0.1) is 0 Å². The van der Waals surface area contributed by atoms with E-state index in [0.29, 0.717) is 11.7 Å². The van der Waals surface area contributed by atoms with Crippen LogP contribution < -0.4 is 10.4 Å². The molecular formula is C14H13N4O2S-. The van der Waals surface area contributed by atoms with Crippen LogP contribution in [-0.4, -0.2) is 32.0 Å². The van der Waals surface area contributed by atoms with E-state index in [1.165, 1.54) is 0 Å². The highest BCUT2D eigenvalue weighted by Crippen LogP contribution is 2.21. The molecule has 0 spiro atoms. The molecule has 6 nitrogen and oxygen atoms in total. The Kier molecular flexibility index (Phi) is 3.57. The molecule has 0 unspecified atom stereocenters. The summed E-state index contributed by atoms with van der Waals surface area (Å²) >= 11 is 5.34. The number of aromatic amines is 1. The summed E-state index contributed by atoms with van der Waals surface area (Å²) in [7, 11) is 0. The first kappa shape index (κ1) is 13.6. The molecule has 2 heterocycles. The number of rotatable bonds is 2. The van der Waals surface area contributed by atoms with E-state index < -0.39 is 12.0 Å². The molecule has 0 amide bonds. The predicted molar refractivity (Wildman–Crippen MR) is 79.3 cm³/mol. The first-order valence-electron chi connectivity index (χ1n) is 6.50. The lowest BCUT2D eigenvalue weighted by atomic mass is 10.0. The zero-order valence-electron chi connectivity index (χ0n) is 11.1. The topological polar surface area (TPSA) is 84.1 Å². The molecule has 1 aliphatic rings. The number of imidazole rings is 1. The molecule has 2 N–H and O–H groups in total. The molecule has 0 fully saturated rings. The van der Waals surface area contributed by atoms with Crippen molar-refractivity contribution < 1.29 is 9.90 Å². The fraction of sp³-hybridized carbons (Fsp3) is 0.214. The number of carboxylic acid groups (broad SMARTS) is 1. The molecule has 1 aromatic carbocycles. The summed E-state index contributed by atoms with van der Waals surface area (Å²) in [6.45, 7) is 0.368. The van der Waals surface area contributed by atoms with E-state index >= 15 is 0 Å². The molecule has 21 heavy (non-hydrogen) atoms. The summed E-state index contributed by atoms with van der Waals surface area (Å²) in [6.07, 6.45) is 1.84. The van der Waals surface area contributed by atoms with Crippen molar-refractivity contribution in [3.63, 3.8) is 0 Å². The Morgan fingerprint density at radius 2 is 2.19 bits per heavy atom. The van der Waals surface area contributed by atoms with Gasteiger partial charge in [-0.2, -0.15) is 0 Å². The van der Waals surface area contributed by atoms with Gasteiger partial charge in [0.1, 0.15) is 0 Å². The van der Waals surface area contributed by atoms with E-state index in [4.69, 9.17) is 12.2 Å². The number of aliphatic carboxylic acids is 1. The summed E-state index contributed by atoms with van der Waals surface area (Å²) in [5.74, 6) is -1.15. The number of nitrogens with zero attached hydrogens (tertiary/aromatic N) is 2. The van der Waals surface area contributed by atoms with E-state index in [1.54, 1.807) is 11.2 Å². The molecule has 0 saturated heterocycles. The van der Waals surface area contributed by atoms with Gasteiger partial charge in [0, 0.05) is 12.1 Å². The van der Waals surface area contributed by atoms with Crippen LogP contribution in [0.2, 0.25) is 0 Å². The van der Waals surface area contributed by atoms with Crippen LogP contribution in [0.25, 0.3) is 0 Å². The molecule has 0 bridgehead atoms. The Hall–Kier alpha value is -2.41. The average molecular weight is 301 g/mol. The van der Waals surface area contributed by atoms with Crippen molar-refractivity contribution in [1.82, 2.24) is 14.9 Å². The molecule has 3 rings (SSSR count). The van der Waals surface area contributed by atoms with Gasteiger partial charge in [0.2, 0.25) is 0 Å². The minimum atomic E-state index is -1.15. The number of H-pyrrole nitrogens is 1. The highest BCUT2D eigenvalue weighted by molar-refractivity contribution is 7.80. The number of aromatic nitrogens is 2. The lowest BCUT2D eigenvalue weighted by molar-refractivity contribution is -0.311. The van der Waals surface area contributed by atoms with Gasteiger partial charge in [-0.3, -0.25) is 0 Å². The second-order valence-electron chi connectivity index (χ2n) is 4.79.